The predicted octanol–water partition coefficient (Wildman–Crippen LogP) is 1.75. The van der Waals surface area contributed by atoms with Crippen LogP contribution in [0.2, 0.25) is 0 Å². The van der Waals surface area contributed by atoms with Crippen LogP contribution in [0.5, 0.6) is 0 Å². The van der Waals surface area contributed by atoms with Crippen LogP contribution < -0.4 is 0 Å². The second-order valence-electron chi connectivity index (χ2n) is 2.88. The Balaban J connectivity index is 3.03. The molecule has 0 fully saturated rings. The average Bonchev–Trinajstić information content (AvgIpc) is 2.20. The molecule has 1 aromatic rings. The fourth-order valence-corrected chi connectivity index (χ4v) is 1.08. The average molecular weight is 186 g/mol. The molecule has 1 rings (SSSR count). The van der Waals surface area contributed by atoms with Crippen molar-refractivity contribution in [1.82, 2.24) is 0 Å². The molecule has 0 aliphatic rings. The summed E-state index contributed by atoms with van der Waals surface area (Å²) in [5.74, 6) is 5.45. The van der Waals surface area contributed by atoms with Gasteiger partial charge in [0.15, 0.2) is 6.29 Å². The molecule has 1 aromatic carbocycles. The van der Waals surface area contributed by atoms with Crippen molar-refractivity contribution in [3.8, 4) is 11.8 Å². The molecule has 2 heteroatoms. The summed E-state index contributed by atoms with van der Waals surface area (Å²) in [5, 5.41) is 0. The lowest BCUT2D eigenvalue weighted by molar-refractivity contribution is -0.107. The normalized spacial score (nSPS) is 8.64. The van der Waals surface area contributed by atoms with Crippen molar-refractivity contribution >= 4 is 12.6 Å². The highest BCUT2D eigenvalue weighted by molar-refractivity contribution is 5.79. The first-order valence-electron chi connectivity index (χ1n) is 4.26. The van der Waals surface area contributed by atoms with Crippen LogP contribution in [0, 0.1) is 18.8 Å². The van der Waals surface area contributed by atoms with Gasteiger partial charge in [0.05, 0.1) is 6.42 Å². The Morgan fingerprint density at radius 3 is 2.79 bits per heavy atom. The Morgan fingerprint density at radius 1 is 1.36 bits per heavy atom. The Bertz CT molecular complexity index is 408. The molecule has 0 bridgehead atoms. The van der Waals surface area contributed by atoms with Crippen molar-refractivity contribution in [1.29, 1.82) is 0 Å². The summed E-state index contributed by atoms with van der Waals surface area (Å²) in [5.41, 5.74) is 2.27. The molecule has 0 atom stereocenters. The second-order valence-corrected chi connectivity index (χ2v) is 2.88. The van der Waals surface area contributed by atoms with Crippen molar-refractivity contribution in [3.63, 3.8) is 0 Å². The van der Waals surface area contributed by atoms with E-state index in [2.05, 4.69) is 11.8 Å². The minimum Gasteiger partial charge on any atom is -0.302 e. The number of carbonyl (C=O) groups excluding carboxylic acids is 2. The Labute approximate surface area is 82.9 Å². The summed E-state index contributed by atoms with van der Waals surface area (Å²) in [6.45, 7) is 1.91. The lowest BCUT2D eigenvalue weighted by Gasteiger charge is -1.97. The highest BCUT2D eigenvalue weighted by Gasteiger charge is 1.97. The van der Waals surface area contributed by atoms with E-state index in [-0.39, 0.29) is 6.42 Å². The van der Waals surface area contributed by atoms with E-state index in [9.17, 15) is 9.59 Å². The molecule has 14 heavy (non-hydrogen) atoms. The van der Waals surface area contributed by atoms with E-state index in [1.807, 2.05) is 13.0 Å². The number of hydrogen-bond acceptors (Lipinski definition) is 2. The number of rotatable bonds is 2. The quantitative estimate of drug-likeness (QED) is 0.521. The minimum atomic E-state index is 0.201. The summed E-state index contributed by atoms with van der Waals surface area (Å²) >= 11 is 0. The van der Waals surface area contributed by atoms with E-state index >= 15 is 0 Å². The highest BCUT2D eigenvalue weighted by atomic mass is 16.1. The van der Waals surface area contributed by atoms with E-state index < -0.39 is 0 Å². The van der Waals surface area contributed by atoms with Gasteiger partial charge in [0.2, 0.25) is 0 Å². The molecule has 0 aromatic heterocycles. The monoisotopic (exact) mass is 186 g/mol. The molecule has 0 aliphatic heterocycles. The van der Waals surface area contributed by atoms with Crippen molar-refractivity contribution in [2.75, 3.05) is 0 Å². The SMILES string of the molecule is Cc1ccc(C#CCC=O)c(C=O)c1. The third-order valence-corrected chi connectivity index (χ3v) is 1.74. The number of benzene rings is 1. The molecule has 0 radical (unpaired) electrons. The van der Waals surface area contributed by atoms with E-state index in [0.717, 1.165) is 18.1 Å². The summed E-state index contributed by atoms with van der Waals surface area (Å²) in [4.78, 5) is 20.7. The molecule has 0 saturated carbocycles. The molecule has 0 N–H and O–H groups in total. The molecule has 0 heterocycles. The van der Waals surface area contributed by atoms with Gasteiger partial charge < -0.3 is 4.79 Å². The van der Waals surface area contributed by atoms with Crippen molar-refractivity contribution in [2.24, 2.45) is 0 Å². The Kier molecular flexibility index (Phi) is 3.63. The smallest absolute Gasteiger partial charge is 0.151 e. The van der Waals surface area contributed by atoms with Gasteiger partial charge in [-0.3, -0.25) is 4.79 Å². The van der Waals surface area contributed by atoms with Crippen LogP contribution >= 0.6 is 0 Å². The number of carbonyl (C=O) groups is 2. The maximum Gasteiger partial charge on any atom is 0.151 e. The first-order valence-corrected chi connectivity index (χ1v) is 4.26. The predicted molar refractivity (Wildman–Crippen MR) is 54.1 cm³/mol. The minimum absolute atomic E-state index is 0.201. The maximum atomic E-state index is 10.7. The maximum absolute atomic E-state index is 10.7. The second kappa shape index (κ2) is 4.98. The van der Waals surface area contributed by atoms with Gasteiger partial charge >= 0.3 is 0 Å². The number of hydrogen-bond donors (Lipinski definition) is 0. The van der Waals surface area contributed by atoms with Gasteiger partial charge in [-0.1, -0.05) is 23.5 Å². The van der Waals surface area contributed by atoms with Crippen molar-refractivity contribution in [3.05, 3.63) is 34.9 Å². The van der Waals surface area contributed by atoms with Crippen LogP contribution in [0.25, 0.3) is 0 Å². The summed E-state index contributed by atoms with van der Waals surface area (Å²) in [6.07, 6.45) is 1.71. The third kappa shape index (κ3) is 2.56. The molecule has 0 amide bonds. The largest absolute Gasteiger partial charge is 0.302 e. The zero-order valence-corrected chi connectivity index (χ0v) is 7.91. The molecular formula is C12H10O2. The van der Waals surface area contributed by atoms with Crippen LogP contribution in [-0.2, 0) is 4.79 Å². The van der Waals surface area contributed by atoms with Crippen molar-refractivity contribution < 1.29 is 9.59 Å². The molecule has 0 saturated heterocycles. The van der Waals surface area contributed by atoms with Gasteiger partial charge in [-0.05, 0) is 19.1 Å². The van der Waals surface area contributed by atoms with Crippen LogP contribution in [0.3, 0.4) is 0 Å². The van der Waals surface area contributed by atoms with E-state index in [1.165, 1.54) is 0 Å². The first-order chi connectivity index (χ1) is 6.77. The number of aryl methyl sites for hydroxylation is 1. The molecule has 0 unspecified atom stereocenters. The third-order valence-electron chi connectivity index (χ3n) is 1.74. The first kappa shape index (κ1) is 10.2. The van der Waals surface area contributed by atoms with Gasteiger partial charge in [0, 0.05) is 11.1 Å². The van der Waals surface area contributed by atoms with Crippen molar-refractivity contribution in [2.45, 2.75) is 13.3 Å². The summed E-state index contributed by atoms with van der Waals surface area (Å²) in [7, 11) is 0. The van der Waals surface area contributed by atoms with Crippen LogP contribution in [-0.4, -0.2) is 12.6 Å². The fourth-order valence-electron chi connectivity index (χ4n) is 1.08. The topological polar surface area (TPSA) is 34.1 Å². The zero-order valence-electron chi connectivity index (χ0n) is 7.91. The van der Waals surface area contributed by atoms with Gasteiger partial charge in [-0.2, -0.15) is 0 Å². The number of aldehydes is 2. The van der Waals surface area contributed by atoms with Gasteiger partial charge in [-0.15, -0.1) is 0 Å². The molecular weight excluding hydrogens is 176 g/mol. The Hall–Kier alpha value is -1.88. The Morgan fingerprint density at radius 2 is 2.14 bits per heavy atom. The van der Waals surface area contributed by atoms with E-state index in [4.69, 9.17) is 0 Å². The van der Waals surface area contributed by atoms with Gasteiger partial charge in [0.1, 0.15) is 6.29 Å². The standard InChI is InChI=1S/C12H10O2/c1-10-5-6-11(4-2-3-7-13)12(8-10)9-14/h5-9H,3H2,1H3. The highest BCUT2D eigenvalue weighted by Crippen LogP contribution is 2.08. The van der Waals surface area contributed by atoms with Gasteiger partial charge in [0.25, 0.3) is 0 Å². The van der Waals surface area contributed by atoms with Crippen LogP contribution in [0.15, 0.2) is 18.2 Å². The van der Waals surface area contributed by atoms with Gasteiger partial charge in [-0.25, -0.2) is 0 Å². The van der Waals surface area contributed by atoms with E-state index in [1.54, 1.807) is 12.1 Å². The summed E-state index contributed by atoms with van der Waals surface area (Å²) < 4.78 is 0. The molecule has 0 spiro atoms. The zero-order chi connectivity index (χ0) is 10.4. The summed E-state index contributed by atoms with van der Waals surface area (Å²) in [6, 6.07) is 5.45. The lowest BCUT2D eigenvalue weighted by atomic mass is 10.1. The molecule has 70 valence electrons. The van der Waals surface area contributed by atoms with E-state index in [0.29, 0.717) is 11.1 Å². The van der Waals surface area contributed by atoms with Crippen LogP contribution in [0.4, 0.5) is 0 Å². The molecule has 0 aliphatic carbocycles. The fraction of sp³-hybridized carbons (Fsp3) is 0.167. The van der Waals surface area contributed by atoms with Crippen LogP contribution in [0.1, 0.15) is 27.9 Å². The molecule has 2 nitrogen and oxygen atoms in total. The lowest BCUT2D eigenvalue weighted by Crippen LogP contribution is -1.88.